The summed E-state index contributed by atoms with van der Waals surface area (Å²) in [6, 6.07) is 14.3. The minimum absolute atomic E-state index is 0.103. The number of nitrogens with zero attached hydrogens (tertiary/aromatic N) is 2. The molecule has 0 saturated carbocycles. The first-order chi connectivity index (χ1) is 12.1. The zero-order valence-corrected chi connectivity index (χ0v) is 15.6. The Kier molecular flexibility index (Phi) is 3.86. The first-order valence-corrected chi connectivity index (χ1v) is 9.17. The molecule has 0 amide bonds. The molecule has 3 heterocycles. The summed E-state index contributed by atoms with van der Waals surface area (Å²) in [6.07, 6.45) is 0. The van der Waals surface area contributed by atoms with Gasteiger partial charge in [0.15, 0.2) is 0 Å². The van der Waals surface area contributed by atoms with E-state index in [4.69, 9.17) is 10.5 Å². The molecule has 0 saturated heterocycles. The molecule has 0 unspecified atom stereocenters. The molecule has 0 aliphatic carbocycles. The maximum atomic E-state index is 9.66. The summed E-state index contributed by atoms with van der Waals surface area (Å²) in [4.78, 5) is 1.01. The molecule has 25 heavy (non-hydrogen) atoms. The van der Waals surface area contributed by atoms with Gasteiger partial charge in [0.1, 0.15) is 11.6 Å². The van der Waals surface area contributed by atoms with Crippen LogP contribution in [0.1, 0.15) is 21.9 Å². The van der Waals surface area contributed by atoms with Crippen molar-refractivity contribution in [1.29, 1.82) is 5.26 Å². The SMILES string of the molecule is Cc1ccc(-c2[nH]nc3c2[C@@H](c2ccc(Br)s2)C(C#N)=C(N)O3)cc1. The molecule has 124 valence electrons. The number of nitrogens with one attached hydrogen (secondary N) is 1. The van der Waals surface area contributed by atoms with Gasteiger partial charge in [-0.2, -0.15) is 5.26 Å². The monoisotopic (exact) mass is 412 g/mol. The fourth-order valence-electron chi connectivity index (χ4n) is 2.95. The van der Waals surface area contributed by atoms with Crippen LogP contribution in [0.25, 0.3) is 11.3 Å². The topological polar surface area (TPSA) is 87.7 Å². The third kappa shape index (κ3) is 2.64. The van der Waals surface area contributed by atoms with Crippen molar-refractivity contribution in [3.63, 3.8) is 0 Å². The third-order valence-electron chi connectivity index (χ3n) is 4.16. The second-order valence-corrected chi connectivity index (χ2v) is 8.24. The maximum Gasteiger partial charge on any atom is 0.244 e. The van der Waals surface area contributed by atoms with Crippen molar-refractivity contribution in [2.75, 3.05) is 0 Å². The highest BCUT2D eigenvalue weighted by Gasteiger charge is 2.36. The summed E-state index contributed by atoms with van der Waals surface area (Å²) in [5.41, 5.74) is 10.2. The number of thiophene rings is 1. The molecular formula is C18H13BrN4OS. The number of aromatic amines is 1. The normalized spacial score (nSPS) is 16.3. The van der Waals surface area contributed by atoms with Gasteiger partial charge in [0.25, 0.3) is 0 Å². The standard InChI is InChI=1S/C18H13BrN4OS/c1-9-2-4-10(5-3-9)16-15-14(12-6-7-13(19)25-12)11(8-20)17(21)24-18(15)23-22-16/h2-7,14H,21H2,1H3,(H,22,23)/t14-/m1/s1. The molecule has 1 atom stereocenters. The Morgan fingerprint density at radius 3 is 2.68 bits per heavy atom. The van der Waals surface area contributed by atoms with E-state index in [1.54, 1.807) is 11.3 Å². The van der Waals surface area contributed by atoms with E-state index in [9.17, 15) is 5.26 Å². The molecule has 1 aliphatic rings. The molecule has 0 spiro atoms. The summed E-state index contributed by atoms with van der Waals surface area (Å²) in [7, 11) is 0. The molecule has 1 aromatic carbocycles. The molecule has 0 radical (unpaired) electrons. The molecule has 1 aliphatic heterocycles. The lowest BCUT2D eigenvalue weighted by molar-refractivity contribution is 0.379. The van der Waals surface area contributed by atoms with Gasteiger partial charge in [-0.3, -0.25) is 5.10 Å². The number of aromatic nitrogens is 2. The molecule has 7 heteroatoms. The lowest BCUT2D eigenvalue weighted by Crippen LogP contribution is -2.20. The van der Waals surface area contributed by atoms with Crippen molar-refractivity contribution in [1.82, 2.24) is 10.2 Å². The molecular weight excluding hydrogens is 400 g/mol. The van der Waals surface area contributed by atoms with Gasteiger partial charge in [0.2, 0.25) is 11.8 Å². The number of aryl methyl sites for hydroxylation is 1. The van der Waals surface area contributed by atoms with Crippen molar-refractivity contribution in [2.45, 2.75) is 12.8 Å². The first kappa shape index (κ1) is 15.9. The highest BCUT2D eigenvalue weighted by atomic mass is 79.9. The Morgan fingerprint density at radius 2 is 2.04 bits per heavy atom. The fourth-order valence-corrected chi connectivity index (χ4v) is 4.50. The molecule has 5 nitrogen and oxygen atoms in total. The molecule has 3 aromatic rings. The van der Waals surface area contributed by atoms with Gasteiger partial charge in [0.05, 0.1) is 21.0 Å². The van der Waals surface area contributed by atoms with Gasteiger partial charge in [-0.15, -0.1) is 16.4 Å². The van der Waals surface area contributed by atoms with Crippen LogP contribution in [-0.4, -0.2) is 10.2 Å². The van der Waals surface area contributed by atoms with E-state index in [0.717, 1.165) is 25.5 Å². The van der Waals surface area contributed by atoms with Crippen LogP contribution in [0.4, 0.5) is 0 Å². The quantitative estimate of drug-likeness (QED) is 0.651. The molecule has 4 rings (SSSR count). The van der Waals surface area contributed by atoms with Gasteiger partial charge >= 0.3 is 0 Å². The number of fused-ring (bicyclic) bond motifs is 1. The predicted octanol–water partition coefficient (Wildman–Crippen LogP) is 4.43. The van der Waals surface area contributed by atoms with Crippen LogP contribution in [0, 0.1) is 18.3 Å². The zero-order chi connectivity index (χ0) is 17.6. The summed E-state index contributed by atoms with van der Waals surface area (Å²) in [5.74, 6) is 0.216. The van der Waals surface area contributed by atoms with Gasteiger partial charge in [-0.05, 0) is 35.0 Å². The number of rotatable bonds is 2. The second kappa shape index (κ2) is 6.06. The van der Waals surface area contributed by atoms with Crippen molar-refractivity contribution < 1.29 is 4.74 Å². The number of hydrogen-bond acceptors (Lipinski definition) is 5. The number of nitrogens with two attached hydrogens (primary N) is 1. The van der Waals surface area contributed by atoms with Crippen molar-refractivity contribution in [3.8, 4) is 23.2 Å². The van der Waals surface area contributed by atoms with Crippen LogP contribution < -0.4 is 10.5 Å². The van der Waals surface area contributed by atoms with E-state index in [1.807, 2.05) is 43.3 Å². The highest BCUT2D eigenvalue weighted by molar-refractivity contribution is 9.11. The van der Waals surface area contributed by atoms with Crippen molar-refractivity contribution >= 4 is 27.3 Å². The van der Waals surface area contributed by atoms with Crippen molar-refractivity contribution in [2.24, 2.45) is 5.73 Å². The van der Waals surface area contributed by atoms with Gasteiger partial charge in [-0.1, -0.05) is 29.8 Å². The maximum absolute atomic E-state index is 9.66. The first-order valence-electron chi connectivity index (χ1n) is 7.56. The number of ether oxygens (including phenoxy) is 1. The Morgan fingerprint density at radius 1 is 1.28 bits per heavy atom. The third-order valence-corrected chi connectivity index (χ3v) is 5.85. The van der Waals surface area contributed by atoms with E-state index in [-0.39, 0.29) is 11.8 Å². The van der Waals surface area contributed by atoms with Crippen LogP contribution in [-0.2, 0) is 0 Å². The summed E-state index contributed by atoms with van der Waals surface area (Å²) < 4.78 is 6.60. The Bertz CT molecular complexity index is 1030. The lowest BCUT2D eigenvalue weighted by atomic mass is 9.87. The van der Waals surface area contributed by atoms with E-state index in [1.165, 1.54) is 5.56 Å². The van der Waals surface area contributed by atoms with Crippen LogP contribution in [0.15, 0.2) is 51.6 Å². The Balaban J connectivity index is 1.94. The summed E-state index contributed by atoms with van der Waals surface area (Å²) in [6.45, 7) is 2.04. The molecule has 3 N–H and O–H groups in total. The molecule has 0 fully saturated rings. The summed E-state index contributed by atoms with van der Waals surface area (Å²) in [5, 5.41) is 17.0. The minimum Gasteiger partial charge on any atom is -0.420 e. The van der Waals surface area contributed by atoms with Gasteiger partial charge < -0.3 is 10.5 Å². The summed E-state index contributed by atoms with van der Waals surface area (Å²) >= 11 is 5.06. The molecule has 2 aromatic heterocycles. The number of benzene rings is 1. The van der Waals surface area contributed by atoms with E-state index >= 15 is 0 Å². The van der Waals surface area contributed by atoms with Crippen molar-refractivity contribution in [3.05, 3.63) is 67.6 Å². The average Bonchev–Trinajstić information content (AvgIpc) is 3.20. The minimum atomic E-state index is -0.305. The zero-order valence-electron chi connectivity index (χ0n) is 13.2. The highest BCUT2D eigenvalue weighted by Crippen LogP contribution is 2.47. The van der Waals surface area contributed by atoms with Crippen LogP contribution in [0.5, 0.6) is 5.88 Å². The van der Waals surface area contributed by atoms with Gasteiger partial charge in [-0.25, -0.2) is 0 Å². The fraction of sp³-hybridized carbons (Fsp3) is 0.111. The van der Waals surface area contributed by atoms with E-state index in [0.29, 0.717) is 11.5 Å². The number of nitriles is 1. The van der Waals surface area contributed by atoms with E-state index < -0.39 is 0 Å². The number of allylic oxidation sites excluding steroid dienone is 1. The van der Waals surface area contributed by atoms with E-state index in [2.05, 4.69) is 32.2 Å². The van der Waals surface area contributed by atoms with Crippen LogP contribution in [0.2, 0.25) is 0 Å². The predicted molar refractivity (Wildman–Crippen MR) is 100 cm³/mol. The smallest absolute Gasteiger partial charge is 0.244 e. The van der Waals surface area contributed by atoms with Crippen LogP contribution in [0.3, 0.4) is 0 Å². The number of halogens is 1. The Hall–Kier alpha value is -2.56. The largest absolute Gasteiger partial charge is 0.420 e. The lowest BCUT2D eigenvalue weighted by Gasteiger charge is -2.22. The molecule has 0 bridgehead atoms. The Labute approximate surface area is 156 Å². The number of hydrogen-bond donors (Lipinski definition) is 2. The second-order valence-electron chi connectivity index (χ2n) is 5.75. The van der Waals surface area contributed by atoms with Crippen LogP contribution >= 0.6 is 27.3 Å². The average molecular weight is 413 g/mol. The number of H-pyrrole nitrogens is 1. The van der Waals surface area contributed by atoms with Gasteiger partial charge in [0, 0.05) is 10.4 Å².